The summed E-state index contributed by atoms with van der Waals surface area (Å²) in [4.78, 5) is 12.8. The highest BCUT2D eigenvalue weighted by molar-refractivity contribution is 6.18. The lowest BCUT2D eigenvalue weighted by Crippen LogP contribution is -2.01. The molecule has 0 bridgehead atoms. The van der Waals surface area contributed by atoms with Gasteiger partial charge < -0.3 is 13.7 Å². The van der Waals surface area contributed by atoms with Gasteiger partial charge in [-0.2, -0.15) is 0 Å². The van der Waals surface area contributed by atoms with E-state index in [4.69, 9.17) is 9.15 Å². The van der Waals surface area contributed by atoms with E-state index in [1.54, 1.807) is 13.2 Å². The number of hydrogen-bond acceptors (Lipinski definition) is 3. The Labute approximate surface area is 122 Å². The Morgan fingerprint density at radius 1 is 1.24 bits per heavy atom. The van der Waals surface area contributed by atoms with Gasteiger partial charge in [-0.3, -0.25) is 4.79 Å². The van der Waals surface area contributed by atoms with Crippen LogP contribution in [-0.4, -0.2) is 17.5 Å². The van der Waals surface area contributed by atoms with Crippen LogP contribution >= 0.6 is 0 Å². The third kappa shape index (κ3) is 2.03. The van der Waals surface area contributed by atoms with Crippen molar-refractivity contribution in [1.29, 1.82) is 0 Å². The predicted octanol–water partition coefficient (Wildman–Crippen LogP) is 3.63. The fourth-order valence-corrected chi connectivity index (χ4v) is 2.76. The van der Waals surface area contributed by atoms with Crippen LogP contribution in [0.2, 0.25) is 0 Å². The average molecular weight is 283 g/mol. The largest absolute Gasteiger partial charge is 0.496 e. The molecular formula is C17H17NO3. The smallest absolute Gasteiger partial charge is 0.198 e. The Kier molecular flexibility index (Phi) is 3.09. The van der Waals surface area contributed by atoms with Crippen molar-refractivity contribution in [2.24, 2.45) is 7.05 Å². The van der Waals surface area contributed by atoms with Gasteiger partial charge in [-0.05, 0) is 32.0 Å². The molecule has 0 spiro atoms. The SMILES string of the molecule is COc1cccc2c1c(C(=O)c1cc(C)oc1C)cn2C. The zero-order valence-electron chi connectivity index (χ0n) is 12.6. The lowest BCUT2D eigenvalue weighted by Gasteiger charge is -2.04. The number of aryl methyl sites for hydroxylation is 3. The van der Waals surface area contributed by atoms with Crippen molar-refractivity contribution < 1.29 is 13.9 Å². The highest BCUT2D eigenvalue weighted by Gasteiger charge is 2.22. The molecule has 0 saturated heterocycles. The normalized spacial score (nSPS) is 11.0. The maximum absolute atomic E-state index is 12.8. The van der Waals surface area contributed by atoms with Gasteiger partial charge in [-0.25, -0.2) is 0 Å². The van der Waals surface area contributed by atoms with E-state index in [0.29, 0.717) is 22.6 Å². The Morgan fingerprint density at radius 2 is 2.00 bits per heavy atom. The molecule has 2 aromatic heterocycles. The maximum Gasteiger partial charge on any atom is 0.198 e. The summed E-state index contributed by atoms with van der Waals surface area (Å²) in [6.07, 6.45) is 1.84. The van der Waals surface area contributed by atoms with Crippen molar-refractivity contribution in [1.82, 2.24) is 4.57 Å². The zero-order chi connectivity index (χ0) is 15.1. The molecule has 4 heteroatoms. The second kappa shape index (κ2) is 4.81. The number of furan rings is 1. The molecule has 0 radical (unpaired) electrons. The summed E-state index contributed by atoms with van der Waals surface area (Å²) >= 11 is 0. The van der Waals surface area contributed by atoms with E-state index in [0.717, 1.165) is 16.7 Å². The molecule has 0 amide bonds. The molecular weight excluding hydrogens is 266 g/mol. The Hall–Kier alpha value is -2.49. The fraction of sp³-hybridized carbons (Fsp3) is 0.235. The molecule has 0 fully saturated rings. The molecule has 3 rings (SSSR count). The molecule has 2 heterocycles. The number of carbonyl (C=O) groups is 1. The van der Waals surface area contributed by atoms with Crippen LogP contribution in [0, 0.1) is 13.8 Å². The van der Waals surface area contributed by atoms with Crippen LogP contribution in [0.1, 0.15) is 27.4 Å². The van der Waals surface area contributed by atoms with E-state index in [1.165, 1.54) is 0 Å². The first kappa shape index (κ1) is 13.5. The third-order valence-corrected chi connectivity index (χ3v) is 3.73. The number of fused-ring (bicyclic) bond motifs is 1. The average Bonchev–Trinajstić information content (AvgIpc) is 2.98. The quantitative estimate of drug-likeness (QED) is 0.689. The van der Waals surface area contributed by atoms with Gasteiger partial charge in [0.25, 0.3) is 0 Å². The number of aromatic nitrogens is 1. The van der Waals surface area contributed by atoms with Gasteiger partial charge in [-0.1, -0.05) is 6.07 Å². The van der Waals surface area contributed by atoms with Crippen molar-refractivity contribution in [3.05, 3.63) is 53.1 Å². The summed E-state index contributed by atoms with van der Waals surface area (Å²) in [5.41, 5.74) is 2.20. The molecule has 0 atom stereocenters. The van der Waals surface area contributed by atoms with Gasteiger partial charge in [0.1, 0.15) is 17.3 Å². The van der Waals surface area contributed by atoms with E-state index >= 15 is 0 Å². The second-order valence-corrected chi connectivity index (χ2v) is 5.16. The van der Waals surface area contributed by atoms with E-state index in [2.05, 4.69) is 0 Å². The number of ether oxygens (including phenoxy) is 1. The van der Waals surface area contributed by atoms with Crippen molar-refractivity contribution in [2.45, 2.75) is 13.8 Å². The number of carbonyl (C=O) groups excluding carboxylic acids is 1. The Balaban J connectivity index is 2.25. The van der Waals surface area contributed by atoms with Crippen LogP contribution in [-0.2, 0) is 7.05 Å². The fourth-order valence-electron chi connectivity index (χ4n) is 2.76. The Morgan fingerprint density at radius 3 is 2.62 bits per heavy atom. The number of nitrogens with zero attached hydrogens (tertiary/aromatic N) is 1. The number of ketones is 1. The maximum atomic E-state index is 12.8. The lowest BCUT2D eigenvalue weighted by atomic mass is 10.0. The second-order valence-electron chi connectivity index (χ2n) is 5.16. The molecule has 0 aliphatic rings. The molecule has 0 aliphatic carbocycles. The summed E-state index contributed by atoms with van der Waals surface area (Å²) in [5.74, 6) is 2.04. The molecule has 0 saturated carbocycles. The van der Waals surface area contributed by atoms with E-state index in [9.17, 15) is 4.79 Å². The minimum Gasteiger partial charge on any atom is -0.496 e. The minimum atomic E-state index is -0.0422. The summed E-state index contributed by atoms with van der Waals surface area (Å²) in [6.45, 7) is 3.65. The molecule has 1 aromatic carbocycles. The van der Waals surface area contributed by atoms with Crippen molar-refractivity contribution in [2.75, 3.05) is 7.11 Å². The molecule has 3 aromatic rings. The van der Waals surface area contributed by atoms with Gasteiger partial charge in [-0.15, -0.1) is 0 Å². The van der Waals surface area contributed by atoms with E-state index < -0.39 is 0 Å². The molecule has 108 valence electrons. The number of rotatable bonds is 3. The molecule has 0 unspecified atom stereocenters. The van der Waals surface area contributed by atoms with Crippen molar-refractivity contribution in [3.8, 4) is 5.75 Å². The van der Waals surface area contributed by atoms with Crippen LogP contribution in [0.5, 0.6) is 5.75 Å². The van der Waals surface area contributed by atoms with Gasteiger partial charge in [0.15, 0.2) is 5.78 Å². The topological polar surface area (TPSA) is 44.4 Å². The highest BCUT2D eigenvalue weighted by Crippen LogP contribution is 2.32. The summed E-state index contributed by atoms with van der Waals surface area (Å²) < 4.78 is 12.8. The zero-order valence-corrected chi connectivity index (χ0v) is 12.6. The molecule has 0 N–H and O–H groups in total. The summed E-state index contributed by atoms with van der Waals surface area (Å²) in [5, 5.41) is 0.839. The lowest BCUT2D eigenvalue weighted by molar-refractivity contribution is 0.103. The van der Waals surface area contributed by atoms with E-state index in [-0.39, 0.29) is 5.78 Å². The number of benzene rings is 1. The standard InChI is InChI=1S/C17H17NO3/c1-10-8-12(11(2)21-10)17(19)13-9-18(3)14-6-5-7-15(20-4)16(13)14/h5-9H,1-4H3. The summed E-state index contributed by atoms with van der Waals surface area (Å²) in [7, 11) is 3.54. The first-order chi connectivity index (χ1) is 10.0. The minimum absolute atomic E-state index is 0.0422. The van der Waals surface area contributed by atoms with Crippen LogP contribution in [0.4, 0.5) is 0 Å². The number of hydrogen-bond donors (Lipinski definition) is 0. The van der Waals surface area contributed by atoms with Crippen LogP contribution in [0.25, 0.3) is 10.9 Å². The van der Waals surface area contributed by atoms with Gasteiger partial charge in [0.05, 0.1) is 29.1 Å². The van der Waals surface area contributed by atoms with Crippen molar-refractivity contribution >= 4 is 16.7 Å². The van der Waals surface area contributed by atoms with Crippen molar-refractivity contribution in [3.63, 3.8) is 0 Å². The third-order valence-electron chi connectivity index (χ3n) is 3.73. The van der Waals surface area contributed by atoms with Crippen LogP contribution in [0.15, 0.2) is 34.9 Å². The predicted molar refractivity (Wildman–Crippen MR) is 81.1 cm³/mol. The Bertz CT molecular complexity index is 839. The van der Waals surface area contributed by atoms with Crippen LogP contribution in [0.3, 0.4) is 0 Å². The van der Waals surface area contributed by atoms with Gasteiger partial charge in [0, 0.05) is 13.2 Å². The highest BCUT2D eigenvalue weighted by atomic mass is 16.5. The monoisotopic (exact) mass is 283 g/mol. The number of methoxy groups -OCH3 is 1. The molecule has 21 heavy (non-hydrogen) atoms. The first-order valence-corrected chi connectivity index (χ1v) is 6.76. The molecule has 4 nitrogen and oxygen atoms in total. The van der Waals surface area contributed by atoms with Gasteiger partial charge in [0.2, 0.25) is 0 Å². The van der Waals surface area contributed by atoms with E-state index in [1.807, 2.05) is 49.9 Å². The van der Waals surface area contributed by atoms with Crippen LogP contribution < -0.4 is 4.74 Å². The van der Waals surface area contributed by atoms with Gasteiger partial charge >= 0.3 is 0 Å². The summed E-state index contributed by atoms with van der Waals surface area (Å²) in [6, 6.07) is 7.54. The first-order valence-electron chi connectivity index (χ1n) is 6.76. The molecule has 0 aliphatic heterocycles.